The zero-order chi connectivity index (χ0) is 13.8. The molecule has 0 aromatic heterocycles. The molecule has 3 unspecified atom stereocenters. The molecular formula is C17H28N2. The van der Waals surface area contributed by atoms with E-state index >= 15 is 0 Å². The van der Waals surface area contributed by atoms with Crippen LogP contribution in [0.4, 0.5) is 0 Å². The van der Waals surface area contributed by atoms with E-state index in [0.717, 1.165) is 5.92 Å². The molecule has 2 heteroatoms. The molecule has 1 aliphatic carbocycles. The lowest BCUT2D eigenvalue weighted by Gasteiger charge is -2.37. The molecule has 1 saturated carbocycles. The SMILES string of the molecule is CCC1CCCCC1C(NN)c1cccc(C)c1C. The lowest BCUT2D eigenvalue weighted by molar-refractivity contribution is 0.175. The third-order valence-corrected chi connectivity index (χ3v) is 5.08. The largest absolute Gasteiger partial charge is 0.271 e. The average molecular weight is 260 g/mol. The van der Waals surface area contributed by atoms with E-state index < -0.39 is 0 Å². The Kier molecular flexibility index (Phi) is 5.00. The van der Waals surface area contributed by atoms with Crippen LogP contribution < -0.4 is 11.3 Å². The molecule has 0 bridgehead atoms. The Morgan fingerprint density at radius 3 is 2.68 bits per heavy atom. The quantitative estimate of drug-likeness (QED) is 0.634. The molecule has 1 aromatic carbocycles. The summed E-state index contributed by atoms with van der Waals surface area (Å²) < 4.78 is 0. The lowest BCUT2D eigenvalue weighted by atomic mass is 9.72. The van der Waals surface area contributed by atoms with Crippen LogP contribution in [0.1, 0.15) is 61.8 Å². The summed E-state index contributed by atoms with van der Waals surface area (Å²) >= 11 is 0. The second kappa shape index (κ2) is 6.53. The van der Waals surface area contributed by atoms with Gasteiger partial charge in [-0.25, -0.2) is 0 Å². The van der Waals surface area contributed by atoms with E-state index in [4.69, 9.17) is 5.84 Å². The third kappa shape index (κ3) is 3.01. The van der Waals surface area contributed by atoms with Crippen LogP contribution in [0, 0.1) is 25.7 Å². The first kappa shape index (κ1) is 14.5. The van der Waals surface area contributed by atoms with Crippen molar-refractivity contribution in [1.82, 2.24) is 5.43 Å². The molecular weight excluding hydrogens is 232 g/mol. The van der Waals surface area contributed by atoms with Crippen LogP contribution >= 0.6 is 0 Å². The highest BCUT2D eigenvalue weighted by atomic mass is 15.2. The molecule has 106 valence electrons. The zero-order valence-corrected chi connectivity index (χ0v) is 12.6. The van der Waals surface area contributed by atoms with E-state index in [0.29, 0.717) is 12.0 Å². The maximum Gasteiger partial charge on any atom is 0.0493 e. The van der Waals surface area contributed by atoms with Crippen LogP contribution in [-0.2, 0) is 0 Å². The molecule has 0 amide bonds. The van der Waals surface area contributed by atoms with E-state index in [1.807, 2.05) is 0 Å². The first-order valence-electron chi connectivity index (χ1n) is 7.71. The summed E-state index contributed by atoms with van der Waals surface area (Å²) in [4.78, 5) is 0. The molecule has 0 saturated heterocycles. The highest BCUT2D eigenvalue weighted by Gasteiger charge is 2.31. The van der Waals surface area contributed by atoms with Crippen molar-refractivity contribution in [2.45, 2.75) is 58.9 Å². The summed E-state index contributed by atoms with van der Waals surface area (Å²) in [7, 11) is 0. The summed E-state index contributed by atoms with van der Waals surface area (Å²) in [6, 6.07) is 6.90. The molecule has 0 heterocycles. The maximum atomic E-state index is 5.92. The van der Waals surface area contributed by atoms with Crippen LogP contribution in [-0.4, -0.2) is 0 Å². The Morgan fingerprint density at radius 2 is 2.00 bits per heavy atom. The minimum Gasteiger partial charge on any atom is -0.271 e. The predicted molar refractivity (Wildman–Crippen MR) is 81.7 cm³/mol. The van der Waals surface area contributed by atoms with Crippen LogP contribution in [0.3, 0.4) is 0 Å². The zero-order valence-electron chi connectivity index (χ0n) is 12.6. The van der Waals surface area contributed by atoms with E-state index in [9.17, 15) is 0 Å². The molecule has 2 rings (SSSR count). The number of benzene rings is 1. The number of rotatable bonds is 4. The van der Waals surface area contributed by atoms with Crippen molar-refractivity contribution in [2.24, 2.45) is 17.7 Å². The minimum atomic E-state index is 0.310. The summed E-state index contributed by atoms with van der Waals surface area (Å²) in [5.74, 6) is 7.42. The standard InChI is InChI=1S/C17H28N2/c1-4-14-9-5-6-10-16(14)17(19-18)15-11-7-8-12(2)13(15)3/h7-8,11,14,16-17,19H,4-6,9-10,18H2,1-3H3. The van der Waals surface area contributed by atoms with E-state index in [2.05, 4.69) is 44.4 Å². The van der Waals surface area contributed by atoms with Gasteiger partial charge in [-0.3, -0.25) is 11.3 Å². The Bertz CT molecular complexity index is 414. The van der Waals surface area contributed by atoms with Gasteiger partial charge in [-0.1, -0.05) is 50.8 Å². The summed E-state index contributed by atoms with van der Waals surface area (Å²) in [6.07, 6.45) is 6.68. The van der Waals surface area contributed by atoms with E-state index in [1.54, 1.807) is 0 Å². The van der Waals surface area contributed by atoms with Gasteiger partial charge in [0.1, 0.15) is 0 Å². The first-order valence-corrected chi connectivity index (χ1v) is 7.71. The number of hydrazine groups is 1. The van der Waals surface area contributed by atoms with Gasteiger partial charge in [0.25, 0.3) is 0 Å². The van der Waals surface area contributed by atoms with Crippen molar-refractivity contribution in [3.8, 4) is 0 Å². The average Bonchev–Trinajstić information content (AvgIpc) is 2.45. The highest BCUT2D eigenvalue weighted by molar-refractivity contribution is 5.35. The second-order valence-electron chi connectivity index (χ2n) is 6.05. The Hall–Kier alpha value is -0.860. The number of nitrogens with one attached hydrogen (secondary N) is 1. The van der Waals surface area contributed by atoms with Crippen molar-refractivity contribution < 1.29 is 0 Å². The normalized spacial score (nSPS) is 25.3. The number of nitrogens with two attached hydrogens (primary N) is 1. The van der Waals surface area contributed by atoms with Gasteiger partial charge < -0.3 is 0 Å². The topological polar surface area (TPSA) is 38.0 Å². The lowest BCUT2D eigenvalue weighted by Crippen LogP contribution is -2.38. The van der Waals surface area contributed by atoms with Crippen LogP contribution in [0.25, 0.3) is 0 Å². The summed E-state index contributed by atoms with van der Waals surface area (Å²) in [6.45, 7) is 6.73. The van der Waals surface area contributed by atoms with Gasteiger partial charge >= 0.3 is 0 Å². The van der Waals surface area contributed by atoms with Crippen molar-refractivity contribution in [3.05, 3.63) is 34.9 Å². The van der Waals surface area contributed by atoms with Gasteiger partial charge in [0.15, 0.2) is 0 Å². The fourth-order valence-electron chi connectivity index (χ4n) is 3.74. The second-order valence-corrected chi connectivity index (χ2v) is 6.05. The Labute approximate surface area is 117 Å². The molecule has 1 fully saturated rings. The number of hydrogen-bond donors (Lipinski definition) is 2. The van der Waals surface area contributed by atoms with Crippen molar-refractivity contribution in [3.63, 3.8) is 0 Å². The van der Waals surface area contributed by atoms with Gasteiger partial charge in [0.05, 0.1) is 0 Å². The predicted octanol–water partition coefficient (Wildman–Crippen LogP) is 4.02. The van der Waals surface area contributed by atoms with Gasteiger partial charge in [-0.15, -0.1) is 0 Å². The summed E-state index contributed by atoms with van der Waals surface area (Å²) in [5.41, 5.74) is 7.27. The van der Waals surface area contributed by atoms with Gasteiger partial charge in [0.2, 0.25) is 0 Å². The molecule has 0 spiro atoms. The maximum absolute atomic E-state index is 5.92. The Balaban J connectivity index is 2.30. The molecule has 19 heavy (non-hydrogen) atoms. The smallest absolute Gasteiger partial charge is 0.0493 e. The van der Waals surface area contributed by atoms with Crippen molar-refractivity contribution in [1.29, 1.82) is 0 Å². The molecule has 1 aliphatic rings. The van der Waals surface area contributed by atoms with Gasteiger partial charge in [0, 0.05) is 6.04 Å². The molecule has 3 N–H and O–H groups in total. The van der Waals surface area contributed by atoms with Crippen LogP contribution in [0.2, 0.25) is 0 Å². The van der Waals surface area contributed by atoms with E-state index in [-0.39, 0.29) is 0 Å². The minimum absolute atomic E-state index is 0.310. The summed E-state index contributed by atoms with van der Waals surface area (Å²) in [5, 5.41) is 0. The molecule has 2 nitrogen and oxygen atoms in total. The molecule has 3 atom stereocenters. The highest BCUT2D eigenvalue weighted by Crippen LogP contribution is 2.40. The fraction of sp³-hybridized carbons (Fsp3) is 0.647. The fourth-order valence-corrected chi connectivity index (χ4v) is 3.74. The molecule has 0 radical (unpaired) electrons. The van der Waals surface area contributed by atoms with Gasteiger partial charge in [-0.2, -0.15) is 0 Å². The number of hydrogen-bond acceptors (Lipinski definition) is 2. The van der Waals surface area contributed by atoms with E-state index in [1.165, 1.54) is 48.8 Å². The Morgan fingerprint density at radius 1 is 1.26 bits per heavy atom. The van der Waals surface area contributed by atoms with Crippen LogP contribution in [0.5, 0.6) is 0 Å². The number of aryl methyl sites for hydroxylation is 1. The monoisotopic (exact) mass is 260 g/mol. The first-order chi connectivity index (χ1) is 9.19. The van der Waals surface area contributed by atoms with Crippen LogP contribution in [0.15, 0.2) is 18.2 Å². The molecule has 1 aromatic rings. The van der Waals surface area contributed by atoms with Gasteiger partial charge in [-0.05, 0) is 48.8 Å². The third-order valence-electron chi connectivity index (χ3n) is 5.08. The van der Waals surface area contributed by atoms with Crippen molar-refractivity contribution >= 4 is 0 Å². The van der Waals surface area contributed by atoms with Crippen molar-refractivity contribution in [2.75, 3.05) is 0 Å². The molecule has 0 aliphatic heterocycles.